The van der Waals surface area contributed by atoms with Gasteiger partial charge in [0.25, 0.3) is 11.7 Å². The summed E-state index contributed by atoms with van der Waals surface area (Å²) >= 11 is 6.00. The molecule has 1 amide bonds. The minimum absolute atomic E-state index is 0.265. The first kappa shape index (κ1) is 20.6. The number of carbonyl (C=O) groups is 2. The Balaban J connectivity index is 1.76. The molecule has 4 aromatic rings. The van der Waals surface area contributed by atoms with E-state index in [9.17, 15) is 14.4 Å². The van der Waals surface area contributed by atoms with E-state index >= 15 is 0 Å². The molecule has 7 heteroatoms. The number of benzene rings is 2. The highest BCUT2D eigenvalue weighted by atomic mass is 35.5. The second kappa shape index (κ2) is 8.24. The Labute approximate surface area is 183 Å². The summed E-state index contributed by atoms with van der Waals surface area (Å²) in [4.78, 5) is 39.8. The van der Waals surface area contributed by atoms with Gasteiger partial charge in [0.1, 0.15) is 0 Å². The molecule has 0 aliphatic carbocycles. The van der Waals surface area contributed by atoms with Crippen molar-refractivity contribution in [1.82, 2.24) is 9.55 Å². The van der Waals surface area contributed by atoms with Crippen molar-refractivity contribution in [3.8, 4) is 0 Å². The van der Waals surface area contributed by atoms with Crippen molar-refractivity contribution in [2.24, 2.45) is 0 Å². The van der Waals surface area contributed by atoms with Crippen molar-refractivity contribution in [3.63, 3.8) is 0 Å². The standard InChI is InChI=1S/C24H20ClN3O3/c1-14-3-8-20-19(11-14)22(15(2)28(20)13-16-4-6-17(25)7-5-16)23(30)24(31)27-18-9-10-26-21(29)12-18/h3-12H,13H2,1-2H3,(H2,26,27,29,31). The van der Waals surface area contributed by atoms with E-state index in [2.05, 4.69) is 10.3 Å². The molecule has 0 bridgehead atoms. The zero-order chi connectivity index (χ0) is 22.1. The van der Waals surface area contributed by atoms with Crippen molar-refractivity contribution in [3.05, 3.63) is 98.6 Å². The summed E-state index contributed by atoms with van der Waals surface area (Å²) in [5, 5.41) is 3.89. The predicted octanol–water partition coefficient (Wildman–Crippen LogP) is 4.47. The van der Waals surface area contributed by atoms with E-state index in [4.69, 9.17) is 11.6 Å². The van der Waals surface area contributed by atoms with Gasteiger partial charge in [-0.15, -0.1) is 0 Å². The fourth-order valence-electron chi connectivity index (χ4n) is 3.68. The number of hydrogen-bond acceptors (Lipinski definition) is 3. The summed E-state index contributed by atoms with van der Waals surface area (Å²) < 4.78 is 2.02. The van der Waals surface area contributed by atoms with Crippen LogP contribution >= 0.6 is 11.6 Å². The van der Waals surface area contributed by atoms with Crippen LogP contribution in [0, 0.1) is 13.8 Å². The molecule has 2 heterocycles. The molecule has 31 heavy (non-hydrogen) atoms. The minimum Gasteiger partial charge on any atom is -0.340 e. The van der Waals surface area contributed by atoms with E-state index in [1.807, 2.05) is 60.9 Å². The molecule has 0 aliphatic rings. The maximum atomic E-state index is 13.2. The van der Waals surface area contributed by atoms with E-state index in [0.29, 0.717) is 22.8 Å². The molecule has 0 atom stereocenters. The molecule has 0 saturated heterocycles. The normalized spacial score (nSPS) is 10.9. The van der Waals surface area contributed by atoms with Crippen molar-refractivity contribution >= 4 is 39.9 Å². The van der Waals surface area contributed by atoms with Crippen molar-refractivity contribution < 1.29 is 9.59 Å². The predicted molar refractivity (Wildman–Crippen MR) is 122 cm³/mol. The third kappa shape index (κ3) is 4.15. The van der Waals surface area contributed by atoms with Crippen molar-refractivity contribution in [1.29, 1.82) is 0 Å². The number of nitrogens with zero attached hydrogens (tertiary/aromatic N) is 1. The van der Waals surface area contributed by atoms with Gasteiger partial charge in [0.15, 0.2) is 0 Å². The van der Waals surface area contributed by atoms with Gasteiger partial charge >= 0.3 is 0 Å². The number of rotatable bonds is 5. The van der Waals surface area contributed by atoms with Gasteiger partial charge in [0.05, 0.1) is 5.56 Å². The van der Waals surface area contributed by atoms with Gasteiger partial charge in [0, 0.05) is 46.1 Å². The number of nitrogens with one attached hydrogen (secondary N) is 2. The summed E-state index contributed by atoms with van der Waals surface area (Å²) in [5.41, 5.74) is 3.83. The van der Waals surface area contributed by atoms with Gasteiger partial charge in [-0.2, -0.15) is 0 Å². The highest BCUT2D eigenvalue weighted by molar-refractivity contribution is 6.48. The largest absolute Gasteiger partial charge is 0.340 e. The number of amides is 1. The van der Waals surface area contributed by atoms with Gasteiger partial charge < -0.3 is 14.9 Å². The Morgan fingerprint density at radius 3 is 2.48 bits per heavy atom. The third-order valence-corrected chi connectivity index (χ3v) is 5.45. The average Bonchev–Trinajstić information content (AvgIpc) is 2.99. The van der Waals surface area contributed by atoms with Crippen LogP contribution in [0.3, 0.4) is 0 Å². The number of Topliss-reactive ketones (excluding diaryl/α,β-unsaturated/α-hetero) is 1. The molecular weight excluding hydrogens is 414 g/mol. The number of fused-ring (bicyclic) bond motifs is 1. The maximum absolute atomic E-state index is 13.2. The number of ketones is 1. The SMILES string of the molecule is Cc1ccc2c(c1)c(C(=O)C(=O)Nc1cc[nH]c(=O)c1)c(C)n2Cc1ccc(Cl)cc1. The van der Waals surface area contributed by atoms with E-state index in [0.717, 1.165) is 22.0 Å². The summed E-state index contributed by atoms with van der Waals surface area (Å²) in [6.45, 7) is 4.31. The van der Waals surface area contributed by atoms with Crippen LogP contribution in [0.1, 0.15) is 27.2 Å². The van der Waals surface area contributed by atoms with Gasteiger partial charge in [-0.1, -0.05) is 35.4 Å². The molecule has 0 spiro atoms. The van der Waals surface area contributed by atoms with Crippen molar-refractivity contribution in [2.45, 2.75) is 20.4 Å². The maximum Gasteiger partial charge on any atom is 0.296 e. The van der Waals surface area contributed by atoms with E-state index in [1.165, 1.54) is 18.3 Å². The average molecular weight is 434 g/mol. The molecule has 2 aromatic heterocycles. The van der Waals surface area contributed by atoms with Gasteiger partial charge in [0.2, 0.25) is 5.56 Å². The Morgan fingerprint density at radius 1 is 1.03 bits per heavy atom. The Bertz CT molecular complexity index is 1370. The third-order valence-electron chi connectivity index (χ3n) is 5.20. The first-order valence-corrected chi connectivity index (χ1v) is 10.1. The summed E-state index contributed by atoms with van der Waals surface area (Å²) in [6.07, 6.45) is 1.41. The highest BCUT2D eigenvalue weighted by Crippen LogP contribution is 2.29. The lowest BCUT2D eigenvalue weighted by atomic mass is 10.0. The number of hydrogen-bond donors (Lipinski definition) is 2. The van der Waals surface area contributed by atoms with E-state index in [1.54, 1.807) is 0 Å². The van der Waals surface area contributed by atoms with Crippen LogP contribution in [0.4, 0.5) is 5.69 Å². The number of aromatic nitrogens is 2. The molecule has 156 valence electrons. The Hall–Kier alpha value is -3.64. The zero-order valence-corrected chi connectivity index (χ0v) is 17.8. The van der Waals surface area contributed by atoms with E-state index < -0.39 is 11.7 Å². The molecule has 0 saturated carbocycles. The number of aryl methyl sites for hydroxylation is 1. The van der Waals surface area contributed by atoms with Crippen molar-refractivity contribution in [2.75, 3.05) is 5.32 Å². The second-order valence-corrected chi connectivity index (χ2v) is 7.85. The molecule has 6 nitrogen and oxygen atoms in total. The molecule has 0 unspecified atom stereocenters. The van der Waals surface area contributed by atoms with Crippen LogP contribution in [0.2, 0.25) is 5.02 Å². The fraction of sp³-hybridized carbons (Fsp3) is 0.125. The molecule has 2 N–H and O–H groups in total. The topological polar surface area (TPSA) is 84.0 Å². The first-order chi connectivity index (χ1) is 14.8. The Morgan fingerprint density at radius 2 is 1.77 bits per heavy atom. The lowest BCUT2D eigenvalue weighted by Crippen LogP contribution is -2.24. The second-order valence-electron chi connectivity index (χ2n) is 7.42. The number of pyridine rings is 1. The number of carbonyl (C=O) groups excluding carboxylic acids is 2. The molecular formula is C24H20ClN3O3. The Kier molecular flexibility index (Phi) is 5.48. The molecule has 0 aliphatic heterocycles. The number of anilines is 1. The summed E-state index contributed by atoms with van der Waals surface area (Å²) in [7, 11) is 0. The number of halogens is 1. The van der Waals surface area contributed by atoms with Crippen LogP contribution in [0.15, 0.2) is 65.6 Å². The lowest BCUT2D eigenvalue weighted by molar-refractivity contribution is -0.112. The smallest absolute Gasteiger partial charge is 0.296 e. The lowest BCUT2D eigenvalue weighted by Gasteiger charge is -2.09. The fourth-order valence-corrected chi connectivity index (χ4v) is 3.81. The van der Waals surface area contributed by atoms with Gasteiger partial charge in [-0.05, 0) is 49.7 Å². The van der Waals surface area contributed by atoms with Crippen LogP contribution in [-0.4, -0.2) is 21.2 Å². The molecule has 0 radical (unpaired) electrons. The monoisotopic (exact) mass is 433 g/mol. The molecule has 0 fully saturated rings. The van der Waals surface area contributed by atoms with Crippen LogP contribution in [-0.2, 0) is 11.3 Å². The summed E-state index contributed by atoms with van der Waals surface area (Å²) in [6, 6.07) is 16.1. The van der Waals surface area contributed by atoms with Gasteiger partial charge in [-0.25, -0.2) is 0 Å². The zero-order valence-electron chi connectivity index (χ0n) is 17.0. The van der Waals surface area contributed by atoms with Crippen LogP contribution < -0.4 is 10.9 Å². The highest BCUT2D eigenvalue weighted by Gasteiger charge is 2.25. The summed E-state index contributed by atoms with van der Waals surface area (Å²) in [5.74, 6) is -1.44. The molecule has 4 rings (SSSR count). The van der Waals surface area contributed by atoms with Crippen LogP contribution in [0.25, 0.3) is 10.9 Å². The van der Waals surface area contributed by atoms with Crippen LogP contribution in [0.5, 0.6) is 0 Å². The van der Waals surface area contributed by atoms with E-state index in [-0.39, 0.29) is 11.2 Å². The quantitative estimate of drug-likeness (QED) is 0.360. The number of aromatic amines is 1. The minimum atomic E-state index is -0.791. The van der Waals surface area contributed by atoms with Gasteiger partial charge in [-0.3, -0.25) is 14.4 Å². The first-order valence-electron chi connectivity index (χ1n) is 9.72. The molecule has 2 aromatic carbocycles. The number of H-pyrrole nitrogens is 1.